The Labute approximate surface area is 246 Å². The lowest BCUT2D eigenvalue weighted by molar-refractivity contribution is -0.144. The van der Waals surface area contributed by atoms with Gasteiger partial charge >= 0.3 is 12.0 Å². The van der Waals surface area contributed by atoms with Crippen LogP contribution >= 0.6 is 0 Å². The molecule has 0 saturated carbocycles. The third-order valence-corrected chi connectivity index (χ3v) is 8.42. The van der Waals surface area contributed by atoms with Crippen molar-refractivity contribution >= 4 is 23.8 Å². The van der Waals surface area contributed by atoms with Crippen LogP contribution in [-0.4, -0.2) is 121 Å². The number of nitrogens with zero attached hydrogens (tertiary/aromatic N) is 4. The lowest BCUT2D eigenvalue weighted by Crippen LogP contribution is -2.52. The van der Waals surface area contributed by atoms with Gasteiger partial charge in [0.15, 0.2) is 11.5 Å². The highest BCUT2D eigenvalue weighted by atomic mass is 16.7. The molecule has 3 heterocycles. The summed E-state index contributed by atoms with van der Waals surface area (Å²) in [5.74, 6) is -1.44. The van der Waals surface area contributed by atoms with Crippen LogP contribution in [0.5, 0.6) is 17.2 Å². The number of likely N-dealkylation sites (tertiary alicyclic amines) is 1. The monoisotopic (exact) mass is 589 g/mol. The van der Waals surface area contributed by atoms with Crippen molar-refractivity contribution in [2.45, 2.75) is 51.0 Å². The van der Waals surface area contributed by atoms with Gasteiger partial charge in [-0.25, -0.2) is 4.79 Å². The molecular formula is C29H43N5O8. The topological polar surface area (TPSA) is 155 Å². The molecule has 3 atom stereocenters. The van der Waals surface area contributed by atoms with Gasteiger partial charge in [0.2, 0.25) is 24.4 Å². The average Bonchev–Trinajstić information content (AvgIpc) is 3.59. The van der Waals surface area contributed by atoms with Gasteiger partial charge in [-0.05, 0) is 43.5 Å². The molecule has 0 spiro atoms. The van der Waals surface area contributed by atoms with Crippen molar-refractivity contribution in [1.82, 2.24) is 19.6 Å². The second-order valence-corrected chi connectivity index (χ2v) is 11.1. The minimum Gasteiger partial charge on any atom is -0.493 e. The van der Waals surface area contributed by atoms with E-state index >= 15 is 0 Å². The summed E-state index contributed by atoms with van der Waals surface area (Å²) in [4.78, 5) is 58.2. The van der Waals surface area contributed by atoms with E-state index in [0.29, 0.717) is 55.4 Å². The van der Waals surface area contributed by atoms with E-state index in [0.717, 1.165) is 12.8 Å². The van der Waals surface area contributed by atoms with Gasteiger partial charge in [0.25, 0.3) is 0 Å². The third kappa shape index (κ3) is 6.73. The molecule has 13 nitrogen and oxygen atoms in total. The molecule has 1 unspecified atom stereocenters. The molecule has 42 heavy (non-hydrogen) atoms. The van der Waals surface area contributed by atoms with E-state index in [1.165, 1.54) is 16.9 Å². The van der Waals surface area contributed by atoms with Crippen LogP contribution in [0.4, 0.5) is 4.79 Å². The number of aliphatic carboxylic acids is 1. The van der Waals surface area contributed by atoms with Gasteiger partial charge in [0.1, 0.15) is 0 Å². The van der Waals surface area contributed by atoms with Crippen molar-refractivity contribution in [1.29, 1.82) is 0 Å². The first-order valence-electron chi connectivity index (χ1n) is 14.7. The Morgan fingerprint density at radius 2 is 1.95 bits per heavy atom. The number of urea groups is 1. The van der Waals surface area contributed by atoms with Gasteiger partial charge in [-0.2, -0.15) is 0 Å². The number of fused-ring (bicyclic) bond motifs is 1. The number of imide groups is 1. The molecule has 232 valence electrons. The number of carboxylic acid groups (broad SMARTS) is 1. The maximum absolute atomic E-state index is 13.6. The van der Waals surface area contributed by atoms with Crippen LogP contribution in [0.15, 0.2) is 12.1 Å². The highest BCUT2D eigenvalue weighted by molar-refractivity contribution is 5.96. The van der Waals surface area contributed by atoms with Gasteiger partial charge in [0, 0.05) is 58.2 Å². The van der Waals surface area contributed by atoms with Crippen LogP contribution in [0.2, 0.25) is 0 Å². The summed E-state index contributed by atoms with van der Waals surface area (Å²) in [6.07, 6.45) is 2.88. The van der Waals surface area contributed by atoms with Crippen LogP contribution < -0.4 is 19.9 Å². The first-order chi connectivity index (χ1) is 20.2. The smallest absolute Gasteiger partial charge is 0.326 e. The Balaban J connectivity index is 1.64. The minimum atomic E-state index is -1.02. The summed E-state index contributed by atoms with van der Waals surface area (Å²) in [6.45, 7) is 4.40. The fraction of sp³-hybridized carbons (Fsp3) is 0.655. The average molecular weight is 590 g/mol. The van der Waals surface area contributed by atoms with E-state index in [-0.39, 0.29) is 51.1 Å². The summed E-state index contributed by atoms with van der Waals surface area (Å²) in [5, 5.41) is 10.5. The largest absolute Gasteiger partial charge is 0.493 e. The molecule has 1 aromatic rings. The number of hydrogen-bond donors (Lipinski definition) is 2. The molecule has 4 amide bonds. The zero-order chi connectivity index (χ0) is 30.4. The van der Waals surface area contributed by atoms with Crippen molar-refractivity contribution in [3.05, 3.63) is 17.7 Å². The zero-order valence-electron chi connectivity index (χ0n) is 24.8. The predicted molar refractivity (Wildman–Crippen MR) is 152 cm³/mol. The molecule has 3 aliphatic rings. The Morgan fingerprint density at radius 1 is 1.19 bits per heavy atom. The van der Waals surface area contributed by atoms with Crippen LogP contribution in [-0.2, 0) is 14.4 Å². The quantitative estimate of drug-likeness (QED) is 0.326. The number of benzene rings is 1. The summed E-state index contributed by atoms with van der Waals surface area (Å²) < 4.78 is 16.6. The minimum absolute atomic E-state index is 0.0166. The number of carbonyl (C=O) groups is 4. The molecule has 3 N–H and O–H groups in total. The maximum atomic E-state index is 13.6. The van der Waals surface area contributed by atoms with Gasteiger partial charge in [-0.3, -0.25) is 24.2 Å². The van der Waals surface area contributed by atoms with E-state index in [9.17, 15) is 24.3 Å². The lowest BCUT2D eigenvalue weighted by Gasteiger charge is -2.34. The van der Waals surface area contributed by atoms with Crippen LogP contribution in [0, 0.1) is 5.92 Å². The molecule has 13 heteroatoms. The van der Waals surface area contributed by atoms with E-state index in [1.54, 1.807) is 24.1 Å². The summed E-state index contributed by atoms with van der Waals surface area (Å²) in [7, 11) is 3.14. The molecule has 2 fully saturated rings. The second-order valence-electron chi connectivity index (χ2n) is 11.1. The van der Waals surface area contributed by atoms with Crippen molar-refractivity contribution in [3.63, 3.8) is 0 Å². The molecule has 4 rings (SSSR count). The van der Waals surface area contributed by atoms with Gasteiger partial charge < -0.3 is 34.9 Å². The van der Waals surface area contributed by atoms with Crippen molar-refractivity contribution in [2.24, 2.45) is 11.7 Å². The zero-order valence-corrected chi connectivity index (χ0v) is 24.8. The standard InChI is InChI=1S/C29H43N5O8/c1-4-5-10-32(11-6-9-30)25(36)17-33-16-20(19-14-22(40-3)27-23(15-19)41-18-42-27)26(28(37)38)21(33)7-13-34-24(35)8-12-31(2)29(34)39/h14-15,20-21,26H,4-13,16-18,30H2,1-3H3,(H,37,38)/t20-,21+,26?/m1/s1. The highest BCUT2D eigenvalue weighted by Crippen LogP contribution is 2.47. The van der Waals surface area contributed by atoms with Gasteiger partial charge in [0.05, 0.1) is 19.6 Å². The molecule has 0 aromatic heterocycles. The van der Waals surface area contributed by atoms with Crippen LogP contribution in [0.3, 0.4) is 0 Å². The Kier molecular flexibility index (Phi) is 10.5. The Morgan fingerprint density at radius 3 is 2.64 bits per heavy atom. The van der Waals surface area contributed by atoms with Crippen molar-refractivity contribution in [3.8, 4) is 17.2 Å². The molecule has 0 bridgehead atoms. The first-order valence-corrected chi connectivity index (χ1v) is 14.7. The number of ether oxygens (including phenoxy) is 3. The number of unbranched alkanes of at least 4 members (excludes halogenated alkanes) is 1. The van der Waals surface area contributed by atoms with E-state index in [1.807, 2.05) is 4.90 Å². The van der Waals surface area contributed by atoms with Gasteiger partial charge in [-0.1, -0.05) is 13.3 Å². The normalized spacial score (nSPS) is 22.1. The SMILES string of the molecule is CCCCN(CCCN)C(=O)CN1C[C@H](c2cc(OC)c3c(c2)OCO3)C(C(=O)O)[C@@H]1CCN1C(=O)CCN(C)C1=O. The molecule has 0 aliphatic carbocycles. The number of carboxylic acids is 1. The fourth-order valence-corrected chi connectivity index (χ4v) is 6.11. The number of amides is 4. The number of rotatable bonds is 14. The van der Waals surface area contributed by atoms with Crippen molar-refractivity contribution < 1.29 is 38.5 Å². The lowest BCUT2D eigenvalue weighted by atomic mass is 9.84. The number of nitrogens with two attached hydrogens (primary N) is 1. The summed E-state index contributed by atoms with van der Waals surface area (Å²) >= 11 is 0. The second kappa shape index (κ2) is 14.1. The Bertz CT molecular complexity index is 1160. The fourth-order valence-electron chi connectivity index (χ4n) is 6.11. The number of hydrogen-bond acceptors (Lipinski definition) is 9. The number of methoxy groups -OCH3 is 1. The maximum Gasteiger partial charge on any atom is 0.326 e. The summed E-state index contributed by atoms with van der Waals surface area (Å²) in [6, 6.07) is 2.53. The Hall–Kier alpha value is -3.58. The predicted octanol–water partition coefficient (Wildman–Crippen LogP) is 1.54. The first kappa shape index (κ1) is 31.4. The van der Waals surface area contributed by atoms with Crippen LogP contribution in [0.1, 0.15) is 50.5 Å². The molecule has 2 saturated heterocycles. The van der Waals surface area contributed by atoms with Crippen molar-refractivity contribution in [2.75, 3.05) is 66.8 Å². The molecular weight excluding hydrogens is 546 g/mol. The number of carbonyl (C=O) groups excluding carboxylic acids is 3. The van der Waals surface area contributed by atoms with E-state index in [2.05, 4.69) is 6.92 Å². The molecule has 0 radical (unpaired) electrons. The van der Waals surface area contributed by atoms with E-state index in [4.69, 9.17) is 19.9 Å². The molecule has 1 aromatic carbocycles. The van der Waals surface area contributed by atoms with Gasteiger partial charge in [-0.15, -0.1) is 0 Å². The van der Waals surface area contributed by atoms with Crippen LogP contribution in [0.25, 0.3) is 0 Å². The van der Waals surface area contributed by atoms with E-state index < -0.39 is 29.9 Å². The molecule has 3 aliphatic heterocycles. The third-order valence-electron chi connectivity index (χ3n) is 8.42. The highest BCUT2D eigenvalue weighted by Gasteiger charge is 2.48. The summed E-state index contributed by atoms with van der Waals surface area (Å²) in [5.41, 5.74) is 6.42.